The lowest BCUT2D eigenvalue weighted by Crippen LogP contribution is -2.42. The van der Waals surface area contributed by atoms with Gasteiger partial charge >= 0.3 is 0 Å². The Bertz CT molecular complexity index is 697. The quantitative estimate of drug-likeness (QED) is 0.586. The van der Waals surface area contributed by atoms with Crippen molar-refractivity contribution < 1.29 is 9.13 Å². The number of benzene rings is 1. The number of aliphatic imine (C=N–C) groups is 1. The van der Waals surface area contributed by atoms with E-state index in [1.807, 2.05) is 13.8 Å². The zero-order chi connectivity index (χ0) is 18.2. The minimum atomic E-state index is -0.303. The molecular weight excluding hydrogens is 339 g/mol. The SMILES string of the molecule is CN=C(NCCc1nc(C)c(C)s1)NCC(C)Oc1cccc(F)c1. The number of guanidine groups is 1. The van der Waals surface area contributed by atoms with Gasteiger partial charge in [0.05, 0.1) is 17.2 Å². The summed E-state index contributed by atoms with van der Waals surface area (Å²) in [5.41, 5.74) is 1.10. The number of halogens is 1. The number of rotatable bonds is 7. The Morgan fingerprint density at radius 3 is 2.80 bits per heavy atom. The van der Waals surface area contributed by atoms with Crippen molar-refractivity contribution in [3.63, 3.8) is 0 Å². The second kappa shape index (κ2) is 9.36. The zero-order valence-electron chi connectivity index (χ0n) is 15.1. The molecule has 2 N–H and O–H groups in total. The van der Waals surface area contributed by atoms with Crippen LogP contribution in [0.3, 0.4) is 0 Å². The molecule has 1 atom stereocenters. The van der Waals surface area contributed by atoms with Crippen LogP contribution in [0.15, 0.2) is 29.3 Å². The van der Waals surface area contributed by atoms with Gasteiger partial charge in [-0.15, -0.1) is 11.3 Å². The number of nitrogens with zero attached hydrogens (tertiary/aromatic N) is 2. The first-order chi connectivity index (χ1) is 12.0. The molecule has 0 radical (unpaired) electrons. The Morgan fingerprint density at radius 2 is 2.16 bits per heavy atom. The molecule has 1 heterocycles. The molecule has 0 saturated carbocycles. The number of aromatic nitrogens is 1. The molecule has 1 aromatic carbocycles. The van der Waals surface area contributed by atoms with E-state index in [0.29, 0.717) is 18.3 Å². The van der Waals surface area contributed by atoms with Gasteiger partial charge in [0, 0.05) is 31.0 Å². The summed E-state index contributed by atoms with van der Waals surface area (Å²) in [5, 5.41) is 7.60. The van der Waals surface area contributed by atoms with Crippen molar-refractivity contribution >= 4 is 17.3 Å². The van der Waals surface area contributed by atoms with Crippen LogP contribution in [0.5, 0.6) is 5.75 Å². The first-order valence-electron chi connectivity index (χ1n) is 8.27. The van der Waals surface area contributed by atoms with Crippen LogP contribution in [-0.4, -0.2) is 37.2 Å². The second-order valence-corrected chi connectivity index (χ2v) is 7.05. The van der Waals surface area contributed by atoms with Gasteiger partial charge in [-0.3, -0.25) is 4.99 Å². The summed E-state index contributed by atoms with van der Waals surface area (Å²) < 4.78 is 18.8. The Balaban J connectivity index is 1.72. The Kier molecular flexibility index (Phi) is 7.18. The molecule has 0 bridgehead atoms. The molecule has 0 amide bonds. The van der Waals surface area contributed by atoms with Gasteiger partial charge < -0.3 is 15.4 Å². The minimum Gasteiger partial charge on any atom is -0.489 e. The molecule has 0 aliphatic rings. The largest absolute Gasteiger partial charge is 0.489 e. The summed E-state index contributed by atoms with van der Waals surface area (Å²) in [4.78, 5) is 9.99. The molecule has 25 heavy (non-hydrogen) atoms. The van der Waals surface area contributed by atoms with Gasteiger partial charge in [0.15, 0.2) is 5.96 Å². The third kappa shape index (κ3) is 6.34. The van der Waals surface area contributed by atoms with Crippen molar-refractivity contribution in [2.24, 2.45) is 4.99 Å². The van der Waals surface area contributed by atoms with Crippen molar-refractivity contribution in [2.45, 2.75) is 33.3 Å². The van der Waals surface area contributed by atoms with E-state index in [2.05, 4.69) is 27.5 Å². The summed E-state index contributed by atoms with van der Waals surface area (Å²) in [6.45, 7) is 7.36. The average Bonchev–Trinajstić information content (AvgIpc) is 2.88. The van der Waals surface area contributed by atoms with Crippen LogP contribution >= 0.6 is 11.3 Å². The van der Waals surface area contributed by atoms with E-state index >= 15 is 0 Å². The Morgan fingerprint density at radius 1 is 1.36 bits per heavy atom. The maximum Gasteiger partial charge on any atom is 0.191 e. The third-order valence-corrected chi connectivity index (χ3v) is 4.75. The van der Waals surface area contributed by atoms with Crippen LogP contribution in [-0.2, 0) is 6.42 Å². The molecular formula is C18H25FN4OS. The number of aryl methyl sites for hydroxylation is 2. The van der Waals surface area contributed by atoms with Crippen LogP contribution in [0.1, 0.15) is 22.5 Å². The van der Waals surface area contributed by atoms with Crippen molar-refractivity contribution in [1.29, 1.82) is 0 Å². The predicted molar refractivity (Wildman–Crippen MR) is 101 cm³/mol. The second-order valence-electron chi connectivity index (χ2n) is 5.76. The van der Waals surface area contributed by atoms with Crippen molar-refractivity contribution in [3.05, 3.63) is 45.7 Å². The molecule has 0 aliphatic heterocycles. The maximum atomic E-state index is 13.2. The van der Waals surface area contributed by atoms with E-state index in [-0.39, 0.29) is 11.9 Å². The fraction of sp³-hybridized carbons (Fsp3) is 0.444. The summed E-state index contributed by atoms with van der Waals surface area (Å²) in [6, 6.07) is 6.15. The molecule has 1 unspecified atom stereocenters. The fourth-order valence-electron chi connectivity index (χ4n) is 2.21. The molecule has 136 valence electrons. The lowest BCUT2D eigenvalue weighted by atomic mass is 10.3. The highest BCUT2D eigenvalue weighted by Crippen LogP contribution is 2.16. The zero-order valence-corrected chi connectivity index (χ0v) is 15.9. The Hall–Kier alpha value is -2.15. The summed E-state index contributed by atoms with van der Waals surface area (Å²) >= 11 is 1.73. The standard InChI is InChI=1S/C18H25FN4OS/c1-12(24-16-7-5-6-15(19)10-16)11-22-18(20-4)21-9-8-17-23-13(2)14(3)25-17/h5-7,10,12H,8-9,11H2,1-4H3,(H2,20,21,22). The monoisotopic (exact) mass is 364 g/mol. The van der Waals surface area contributed by atoms with E-state index < -0.39 is 0 Å². The van der Waals surface area contributed by atoms with Crippen LogP contribution in [0.25, 0.3) is 0 Å². The van der Waals surface area contributed by atoms with Gasteiger partial charge in [-0.05, 0) is 32.9 Å². The van der Waals surface area contributed by atoms with Crippen LogP contribution in [0.2, 0.25) is 0 Å². The van der Waals surface area contributed by atoms with Crippen molar-refractivity contribution in [1.82, 2.24) is 15.6 Å². The highest BCUT2D eigenvalue weighted by Gasteiger charge is 2.07. The first kappa shape index (κ1) is 19.2. The van der Waals surface area contributed by atoms with Gasteiger partial charge in [0.25, 0.3) is 0 Å². The van der Waals surface area contributed by atoms with E-state index in [9.17, 15) is 4.39 Å². The number of hydrogen-bond donors (Lipinski definition) is 2. The van der Waals surface area contributed by atoms with Crippen LogP contribution in [0.4, 0.5) is 4.39 Å². The average molecular weight is 364 g/mol. The number of hydrogen-bond acceptors (Lipinski definition) is 4. The van der Waals surface area contributed by atoms with Crippen LogP contribution < -0.4 is 15.4 Å². The highest BCUT2D eigenvalue weighted by atomic mass is 32.1. The molecule has 1 aromatic heterocycles. The van der Waals surface area contributed by atoms with E-state index in [1.54, 1.807) is 30.5 Å². The van der Waals surface area contributed by atoms with E-state index in [1.165, 1.54) is 17.0 Å². The summed E-state index contributed by atoms with van der Waals surface area (Å²) in [7, 11) is 1.73. The highest BCUT2D eigenvalue weighted by molar-refractivity contribution is 7.11. The molecule has 0 fully saturated rings. The van der Waals surface area contributed by atoms with Crippen molar-refractivity contribution in [3.8, 4) is 5.75 Å². The predicted octanol–water partition coefficient (Wildman–Crippen LogP) is 3.07. The molecule has 0 aliphatic carbocycles. The third-order valence-electron chi connectivity index (χ3n) is 3.62. The molecule has 7 heteroatoms. The minimum absolute atomic E-state index is 0.121. The number of ether oxygens (including phenoxy) is 1. The number of nitrogens with one attached hydrogen (secondary N) is 2. The maximum absolute atomic E-state index is 13.2. The van der Waals surface area contributed by atoms with E-state index in [0.717, 1.165) is 23.7 Å². The van der Waals surface area contributed by atoms with Gasteiger partial charge in [0.2, 0.25) is 0 Å². The Labute approximate surface area is 152 Å². The lowest BCUT2D eigenvalue weighted by Gasteiger charge is -2.17. The molecule has 0 spiro atoms. The number of thiazole rings is 1. The molecule has 0 saturated heterocycles. The van der Waals surface area contributed by atoms with Gasteiger partial charge in [-0.2, -0.15) is 0 Å². The van der Waals surface area contributed by atoms with Crippen LogP contribution in [0, 0.1) is 19.7 Å². The van der Waals surface area contributed by atoms with E-state index in [4.69, 9.17) is 4.74 Å². The molecule has 2 rings (SSSR count). The lowest BCUT2D eigenvalue weighted by molar-refractivity contribution is 0.223. The van der Waals surface area contributed by atoms with Gasteiger partial charge in [-0.1, -0.05) is 6.07 Å². The molecule has 2 aromatic rings. The molecule has 5 nitrogen and oxygen atoms in total. The normalized spacial score (nSPS) is 12.8. The fourth-order valence-corrected chi connectivity index (χ4v) is 3.14. The first-order valence-corrected chi connectivity index (χ1v) is 9.09. The summed E-state index contributed by atoms with van der Waals surface area (Å²) in [6.07, 6.45) is 0.736. The topological polar surface area (TPSA) is 58.5 Å². The smallest absolute Gasteiger partial charge is 0.191 e. The summed E-state index contributed by atoms with van der Waals surface area (Å²) in [5.74, 6) is 0.925. The van der Waals surface area contributed by atoms with Crippen molar-refractivity contribution in [2.75, 3.05) is 20.1 Å². The van der Waals surface area contributed by atoms with Gasteiger partial charge in [-0.25, -0.2) is 9.37 Å². The van der Waals surface area contributed by atoms with Gasteiger partial charge in [0.1, 0.15) is 17.7 Å².